The fraction of sp³-hybridized carbons (Fsp3) is 0.500. The average molecular weight is 404 g/mol. The first-order valence-electron chi connectivity index (χ1n) is 9.69. The van der Waals surface area contributed by atoms with E-state index in [4.69, 9.17) is 4.74 Å². The van der Waals surface area contributed by atoms with E-state index in [0.29, 0.717) is 29.1 Å². The number of carbonyl (C=O) groups excluding carboxylic acids is 1. The van der Waals surface area contributed by atoms with Gasteiger partial charge in [0.15, 0.2) is 5.13 Å². The SMILES string of the molecule is Cc1ccc(NC(=O)Nc2ncc(CN3CCNCC3)s2)c(OCC(C)C)c1. The zero-order valence-corrected chi connectivity index (χ0v) is 17.6. The first-order chi connectivity index (χ1) is 13.5. The number of hydrogen-bond donors (Lipinski definition) is 3. The van der Waals surface area contributed by atoms with Gasteiger partial charge in [0, 0.05) is 43.8 Å². The number of rotatable bonds is 7. The van der Waals surface area contributed by atoms with E-state index in [-0.39, 0.29) is 6.03 Å². The predicted molar refractivity (Wildman–Crippen MR) is 114 cm³/mol. The first kappa shape index (κ1) is 20.6. The molecule has 0 bridgehead atoms. The van der Waals surface area contributed by atoms with E-state index in [9.17, 15) is 4.79 Å². The summed E-state index contributed by atoms with van der Waals surface area (Å²) in [7, 11) is 0. The molecule has 1 aromatic heterocycles. The average Bonchev–Trinajstić information content (AvgIpc) is 3.09. The molecular weight excluding hydrogens is 374 g/mol. The highest BCUT2D eigenvalue weighted by atomic mass is 32.1. The van der Waals surface area contributed by atoms with Crippen molar-refractivity contribution in [3.05, 3.63) is 34.8 Å². The van der Waals surface area contributed by atoms with Crippen LogP contribution in [0, 0.1) is 12.8 Å². The Kier molecular flexibility index (Phi) is 7.24. The lowest BCUT2D eigenvalue weighted by molar-refractivity contribution is 0.235. The third-order valence-corrected chi connectivity index (χ3v) is 5.22. The van der Waals surface area contributed by atoms with Crippen LogP contribution in [0.4, 0.5) is 15.6 Å². The van der Waals surface area contributed by atoms with Crippen molar-refractivity contribution in [1.29, 1.82) is 0 Å². The molecule has 0 spiro atoms. The maximum atomic E-state index is 12.4. The quantitative estimate of drug-likeness (QED) is 0.659. The Hall–Kier alpha value is -2.16. The van der Waals surface area contributed by atoms with E-state index in [2.05, 4.69) is 39.7 Å². The van der Waals surface area contributed by atoms with Crippen LogP contribution in [0.25, 0.3) is 0 Å². The Morgan fingerprint density at radius 2 is 2.11 bits per heavy atom. The van der Waals surface area contributed by atoms with E-state index >= 15 is 0 Å². The summed E-state index contributed by atoms with van der Waals surface area (Å²) in [5, 5.41) is 9.64. The molecule has 28 heavy (non-hydrogen) atoms. The van der Waals surface area contributed by atoms with Crippen LogP contribution < -0.4 is 20.7 Å². The molecule has 0 unspecified atom stereocenters. The molecule has 0 saturated carbocycles. The minimum Gasteiger partial charge on any atom is -0.491 e. The molecule has 0 aliphatic carbocycles. The molecule has 1 saturated heterocycles. The number of ether oxygens (including phenoxy) is 1. The number of aryl methyl sites for hydroxylation is 1. The lowest BCUT2D eigenvalue weighted by Crippen LogP contribution is -2.42. The minimum absolute atomic E-state index is 0.318. The third kappa shape index (κ3) is 6.19. The molecular formula is C20H29N5O2S. The summed E-state index contributed by atoms with van der Waals surface area (Å²) in [6.45, 7) is 11.8. The van der Waals surface area contributed by atoms with Gasteiger partial charge in [-0.1, -0.05) is 19.9 Å². The number of anilines is 2. The van der Waals surface area contributed by atoms with Crippen LogP contribution in [0.5, 0.6) is 5.75 Å². The summed E-state index contributed by atoms with van der Waals surface area (Å²) in [4.78, 5) is 20.3. The summed E-state index contributed by atoms with van der Waals surface area (Å²) in [5.74, 6) is 1.09. The van der Waals surface area contributed by atoms with Gasteiger partial charge in [-0.2, -0.15) is 0 Å². The fourth-order valence-corrected chi connectivity index (χ4v) is 3.74. The van der Waals surface area contributed by atoms with Crippen LogP contribution >= 0.6 is 11.3 Å². The summed E-state index contributed by atoms with van der Waals surface area (Å²) in [5.41, 5.74) is 1.74. The van der Waals surface area contributed by atoms with Crippen LogP contribution in [-0.2, 0) is 6.54 Å². The number of piperazine rings is 1. The highest BCUT2D eigenvalue weighted by Gasteiger charge is 2.14. The molecule has 1 fully saturated rings. The summed E-state index contributed by atoms with van der Waals surface area (Å²) in [6, 6.07) is 5.43. The Morgan fingerprint density at radius 3 is 2.86 bits per heavy atom. The summed E-state index contributed by atoms with van der Waals surface area (Å²) < 4.78 is 5.85. The van der Waals surface area contributed by atoms with Crippen LogP contribution in [0.15, 0.2) is 24.4 Å². The van der Waals surface area contributed by atoms with Gasteiger partial charge in [0.25, 0.3) is 0 Å². The van der Waals surface area contributed by atoms with Gasteiger partial charge >= 0.3 is 6.03 Å². The number of amides is 2. The van der Waals surface area contributed by atoms with Crippen molar-refractivity contribution in [1.82, 2.24) is 15.2 Å². The second kappa shape index (κ2) is 9.86. The third-order valence-electron chi connectivity index (χ3n) is 4.32. The predicted octanol–water partition coefficient (Wildman–Crippen LogP) is 3.54. The largest absolute Gasteiger partial charge is 0.491 e. The van der Waals surface area contributed by atoms with Gasteiger partial charge < -0.3 is 15.4 Å². The lowest BCUT2D eigenvalue weighted by Gasteiger charge is -2.26. The molecule has 7 nitrogen and oxygen atoms in total. The van der Waals surface area contributed by atoms with Crippen LogP contribution in [0.3, 0.4) is 0 Å². The molecule has 2 heterocycles. The number of urea groups is 1. The fourth-order valence-electron chi connectivity index (χ4n) is 2.89. The zero-order chi connectivity index (χ0) is 19.9. The van der Waals surface area contributed by atoms with Gasteiger partial charge in [-0.3, -0.25) is 10.2 Å². The Balaban J connectivity index is 1.57. The number of nitrogens with one attached hydrogen (secondary N) is 3. The number of hydrogen-bond acceptors (Lipinski definition) is 6. The molecule has 152 valence electrons. The van der Waals surface area contributed by atoms with E-state index in [0.717, 1.165) is 43.2 Å². The molecule has 1 aliphatic heterocycles. The maximum Gasteiger partial charge on any atom is 0.325 e. The molecule has 2 amide bonds. The first-order valence-corrected chi connectivity index (χ1v) is 10.5. The van der Waals surface area contributed by atoms with Gasteiger partial charge in [-0.25, -0.2) is 9.78 Å². The van der Waals surface area contributed by atoms with Crippen molar-refractivity contribution in [2.45, 2.75) is 27.3 Å². The van der Waals surface area contributed by atoms with Crippen molar-refractivity contribution in [3.63, 3.8) is 0 Å². The van der Waals surface area contributed by atoms with Crippen molar-refractivity contribution in [2.24, 2.45) is 5.92 Å². The van der Waals surface area contributed by atoms with Crippen LogP contribution in [-0.4, -0.2) is 48.7 Å². The molecule has 0 atom stereocenters. The number of benzene rings is 1. The molecule has 0 radical (unpaired) electrons. The van der Waals surface area contributed by atoms with Crippen LogP contribution in [0.2, 0.25) is 0 Å². The molecule has 2 aromatic rings. The van der Waals surface area contributed by atoms with Gasteiger partial charge in [-0.15, -0.1) is 11.3 Å². The molecule has 3 rings (SSSR count). The number of carbonyl (C=O) groups is 1. The highest BCUT2D eigenvalue weighted by Crippen LogP contribution is 2.27. The van der Waals surface area contributed by atoms with Gasteiger partial charge in [0.1, 0.15) is 5.75 Å². The number of aromatic nitrogens is 1. The second-order valence-electron chi connectivity index (χ2n) is 7.44. The number of thiazole rings is 1. The van der Waals surface area contributed by atoms with Crippen LogP contribution in [0.1, 0.15) is 24.3 Å². The normalized spacial score (nSPS) is 14.9. The molecule has 3 N–H and O–H groups in total. The molecule has 1 aliphatic rings. The topological polar surface area (TPSA) is 78.5 Å². The van der Waals surface area contributed by atoms with E-state index < -0.39 is 0 Å². The zero-order valence-electron chi connectivity index (χ0n) is 16.7. The van der Waals surface area contributed by atoms with Gasteiger partial charge in [0.05, 0.1) is 12.3 Å². The van der Waals surface area contributed by atoms with E-state index in [1.807, 2.05) is 31.3 Å². The number of nitrogens with zero attached hydrogens (tertiary/aromatic N) is 2. The Morgan fingerprint density at radius 1 is 1.32 bits per heavy atom. The highest BCUT2D eigenvalue weighted by molar-refractivity contribution is 7.15. The van der Waals surface area contributed by atoms with E-state index in [1.54, 1.807) is 0 Å². The van der Waals surface area contributed by atoms with Gasteiger partial charge in [0.2, 0.25) is 0 Å². The Bertz CT molecular complexity index is 787. The molecule has 1 aromatic carbocycles. The Labute approximate surface area is 170 Å². The summed E-state index contributed by atoms with van der Waals surface area (Å²) in [6.07, 6.45) is 1.84. The smallest absolute Gasteiger partial charge is 0.325 e. The second-order valence-corrected chi connectivity index (χ2v) is 8.56. The van der Waals surface area contributed by atoms with Gasteiger partial charge in [-0.05, 0) is 30.5 Å². The molecule has 8 heteroatoms. The minimum atomic E-state index is -0.318. The maximum absolute atomic E-state index is 12.4. The van der Waals surface area contributed by atoms with Crippen molar-refractivity contribution >= 4 is 28.2 Å². The van der Waals surface area contributed by atoms with Crippen molar-refractivity contribution in [2.75, 3.05) is 43.4 Å². The lowest BCUT2D eigenvalue weighted by atomic mass is 10.2. The van der Waals surface area contributed by atoms with Crippen molar-refractivity contribution in [3.8, 4) is 5.75 Å². The summed E-state index contributed by atoms with van der Waals surface area (Å²) >= 11 is 1.51. The van der Waals surface area contributed by atoms with Crippen molar-refractivity contribution < 1.29 is 9.53 Å². The standard InChI is InChI=1S/C20H29N5O2S/c1-14(2)13-27-18-10-15(3)4-5-17(18)23-19(26)24-20-22-11-16(28-20)12-25-8-6-21-7-9-25/h4-5,10-11,14,21H,6-9,12-13H2,1-3H3,(H2,22,23,24,26). The van der Waals surface area contributed by atoms with E-state index in [1.165, 1.54) is 11.3 Å². The monoisotopic (exact) mass is 403 g/mol.